The maximum absolute atomic E-state index is 4.46. The summed E-state index contributed by atoms with van der Waals surface area (Å²) in [6.45, 7) is 7.94. The van der Waals surface area contributed by atoms with Gasteiger partial charge in [0.2, 0.25) is 12.7 Å². The van der Waals surface area contributed by atoms with E-state index in [1.165, 1.54) is 11.4 Å². The molecule has 0 saturated carbocycles. The van der Waals surface area contributed by atoms with E-state index in [4.69, 9.17) is 0 Å². The number of piperazine rings is 1. The number of halogens is 2. The number of hydrogen-bond donors (Lipinski definition) is 0. The number of rotatable bonds is 6. The minimum absolute atomic E-state index is 0. The summed E-state index contributed by atoms with van der Waals surface area (Å²) in [5, 5.41) is 26.0. The Morgan fingerprint density at radius 1 is 0.625 bits per heavy atom. The molecule has 0 N–H and O–H groups in total. The van der Waals surface area contributed by atoms with E-state index in [-0.39, 0.29) is 24.8 Å². The zero-order valence-corrected chi connectivity index (χ0v) is 25.1. The summed E-state index contributed by atoms with van der Waals surface area (Å²) in [5.74, 6) is 1.39. The summed E-state index contributed by atoms with van der Waals surface area (Å²) in [6.07, 6.45) is 3.43. The van der Waals surface area contributed by atoms with E-state index in [1.807, 2.05) is 49.5 Å². The Hall–Kier alpha value is -3.90. The van der Waals surface area contributed by atoms with Gasteiger partial charge in [-0.2, -0.15) is 0 Å². The third kappa shape index (κ3) is 6.45. The second-order valence-electron chi connectivity index (χ2n) is 9.65. The predicted molar refractivity (Wildman–Crippen MR) is 144 cm³/mol. The van der Waals surface area contributed by atoms with Crippen LogP contribution in [0.15, 0.2) is 69.5 Å². The molecule has 2 aromatic heterocycles. The minimum atomic E-state index is 0. The highest BCUT2D eigenvalue weighted by atomic mass is 35.5. The summed E-state index contributed by atoms with van der Waals surface area (Å²) in [7, 11) is 7.52. The summed E-state index contributed by atoms with van der Waals surface area (Å²) in [5.41, 5.74) is 6.33. The van der Waals surface area contributed by atoms with Crippen molar-refractivity contribution >= 4 is 34.6 Å². The fraction of sp³-hybridized carbons (Fsp3) is 0.385. The topological polar surface area (TPSA) is 99.3 Å². The SMILES string of the molecule is Cc1cc(N2CCN(c3ccc(N=Nc4n(C)nc[n+]4C)c(C)c3)CC2)ccc1N=Nc1n(C)nc[n+]1C.[Cl-].[Cl-]. The number of hydrogen-bond acceptors (Lipinski definition) is 8. The van der Waals surface area contributed by atoms with Crippen LogP contribution < -0.4 is 43.7 Å². The van der Waals surface area contributed by atoms with E-state index < -0.39 is 0 Å². The molecule has 1 aliphatic heterocycles. The van der Waals surface area contributed by atoms with Crippen LogP contribution in [-0.4, -0.2) is 45.7 Å². The maximum atomic E-state index is 4.46. The van der Waals surface area contributed by atoms with Gasteiger partial charge < -0.3 is 34.6 Å². The highest BCUT2D eigenvalue weighted by Gasteiger charge is 2.19. The molecule has 12 nitrogen and oxygen atoms in total. The predicted octanol–water partition coefficient (Wildman–Crippen LogP) is -2.42. The minimum Gasteiger partial charge on any atom is -1.00 e. The molecule has 40 heavy (non-hydrogen) atoms. The summed E-state index contributed by atoms with van der Waals surface area (Å²) < 4.78 is 7.09. The van der Waals surface area contributed by atoms with Crippen LogP contribution >= 0.6 is 0 Å². The molecule has 1 fully saturated rings. The fourth-order valence-electron chi connectivity index (χ4n) is 4.56. The lowest BCUT2D eigenvalue weighted by Crippen LogP contribution is -3.00. The van der Waals surface area contributed by atoms with Crippen LogP contribution in [0, 0.1) is 13.8 Å². The van der Waals surface area contributed by atoms with Crippen molar-refractivity contribution in [2.75, 3.05) is 36.0 Å². The molecule has 0 radical (unpaired) electrons. The van der Waals surface area contributed by atoms with Gasteiger partial charge in [-0.25, -0.2) is 9.13 Å². The Labute approximate surface area is 246 Å². The van der Waals surface area contributed by atoms with Gasteiger partial charge in [0.05, 0.1) is 28.2 Å². The molecular formula is C26H34Cl2N12. The van der Waals surface area contributed by atoms with Crippen molar-refractivity contribution in [3.8, 4) is 0 Å². The van der Waals surface area contributed by atoms with Crippen molar-refractivity contribution in [2.24, 2.45) is 48.6 Å². The molecule has 212 valence electrons. The first-order valence-electron chi connectivity index (χ1n) is 12.6. The zero-order valence-electron chi connectivity index (χ0n) is 23.6. The number of anilines is 2. The third-order valence-electron chi connectivity index (χ3n) is 6.87. The van der Waals surface area contributed by atoms with Gasteiger partial charge in [0, 0.05) is 47.8 Å². The number of azo groups is 2. The number of nitrogens with zero attached hydrogens (tertiary/aromatic N) is 12. The quantitative estimate of drug-likeness (QED) is 0.186. The molecule has 1 aliphatic rings. The van der Waals surface area contributed by atoms with Crippen molar-refractivity contribution < 1.29 is 33.9 Å². The number of aryl methyl sites for hydroxylation is 6. The van der Waals surface area contributed by atoms with Gasteiger partial charge in [0.25, 0.3) is 0 Å². The summed E-state index contributed by atoms with van der Waals surface area (Å²) in [4.78, 5) is 4.85. The molecule has 0 atom stereocenters. The molecule has 0 unspecified atom stereocenters. The standard InChI is InChI=1S/C26H34N12.2ClH/c1-19-15-21(7-9-23(19)29-31-25-33(3)17-27-35(25)5)37-11-13-38(14-12-37)22-8-10-24(20(2)16-22)30-32-26-34(4)18-28-36(26)6;;/h7-10,15-18H,11-14H2,1-6H3;2*1H/q+2;;/p-2. The Morgan fingerprint density at radius 3 is 1.30 bits per heavy atom. The van der Waals surface area contributed by atoms with Crippen LogP contribution in [-0.2, 0) is 28.2 Å². The Morgan fingerprint density at radius 2 is 1.00 bits per heavy atom. The lowest BCUT2D eigenvalue weighted by Gasteiger charge is -2.37. The molecule has 14 heteroatoms. The zero-order chi connectivity index (χ0) is 26.8. The van der Waals surface area contributed by atoms with Crippen LogP contribution in [0.2, 0.25) is 0 Å². The highest BCUT2D eigenvalue weighted by Crippen LogP contribution is 2.29. The smallest absolute Gasteiger partial charge is 0.403 e. The van der Waals surface area contributed by atoms with Gasteiger partial charge in [-0.1, -0.05) is 10.2 Å². The molecular weight excluding hydrogens is 551 g/mol. The lowest BCUT2D eigenvalue weighted by molar-refractivity contribution is -0.659. The van der Waals surface area contributed by atoms with E-state index >= 15 is 0 Å². The van der Waals surface area contributed by atoms with E-state index in [0.29, 0.717) is 11.9 Å². The van der Waals surface area contributed by atoms with Crippen molar-refractivity contribution in [2.45, 2.75) is 13.8 Å². The van der Waals surface area contributed by atoms with Gasteiger partial charge in [0.15, 0.2) is 0 Å². The molecule has 5 rings (SSSR count). The van der Waals surface area contributed by atoms with Gasteiger partial charge >= 0.3 is 11.9 Å². The van der Waals surface area contributed by atoms with E-state index in [0.717, 1.165) is 48.7 Å². The maximum Gasteiger partial charge on any atom is 0.403 e. The summed E-state index contributed by atoms with van der Waals surface area (Å²) >= 11 is 0. The van der Waals surface area contributed by atoms with Gasteiger partial charge in [-0.3, -0.25) is 0 Å². The number of aromatic nitrogens is 6. The first-order valence-corrected chi connectivity index (χ1v) is 12.6. The fourth-order valence-corrected chi connectivity index (χ4v) is 4.56. The normalized spacial score (nSPS) is 13.7. The van der Waals surface area contributed by atoms with Gasteiger partial charge in [-0.15, -0.1) is 9.36 Å². The lowest BCUT2D eigenvalue weighted by atomic mass is 10.1. The van der Waals surface area contributed by atoms with Gasteiger partial charge in [0.1, 0.15) is 11.4 Å². The average molecular weight is 586 g/mol. The average Bonchev–Trinajstić information content (AvgIpc) is 3.41. The molecule has 1 saturated heterocycles. The van der Waals surface area contributed by atoms with Crippen LogP contribution in [0.3, 0.4) is 0 Å². The Balaban J connectivity index is 0.00000220. The monoisotopic (exact) mass is 584 g/mol. The molecule has 2 aromatic carbocycles. The van der Waals surface area contributed by atoms with Crippen molar-refractivity contribution in [3.05, 3.63) is 60.2 Å². The second kappa shape index (κ2) is 13.0. The highest BCUT2D eigenvalue weighted by molar-refractivity contribution is 5.60. The molecule has 4 aromatic rings. The van der Waals surface area contributed by atoms with Crippen LogP contribution in [0.5, 0.6) is 0 Å². The Kier molecular flexibility index (Phi) is 9.93. The largest absolute Gasteiger partial charge is 1.00 e. The number of benzene rings is 2. The Bertz CT molecular complexity index is 1360. The van der Waals surface area contributed by atoms with Crippen molar-refractivity contribution in [1.29, 1.82) is 0 Å². The van der Waals surface area contributed by atoms with Crippen LogP contribution in [0.1, 0.15) is 11.1 Å². The molecule has 3 heterocycles. The van der Waals surface area contributed by atoms with E-state index in [2.05, 4.69) is 78.6 Å². The molecule has 0 bridgehead atoms. The molecule has 0 amide bonds. The molecule has 0 aliphatic carbocycles. The van der Waals surface area contributed by atoms with Crippen molar-refractivity contribution in [1.82, 2.24) is 19.6 Å². The third-order valence-corrected chi connectivity index (χ3v) is 6.87. The van der Waals surface area contributed by atoms with Gasteiger partial charge in [-0.05, 0) is 71.6 Å². The molecule has 0 spiro atoms. The second-order valence-corrected chi connectivity index (χ2v) is 9.65. The van der Waals surface area contributed by atoms with E-state index in [9.17, 15) is 0 Å². The first kappa shape index (κ1) is 30.6. The first-order chi connectivity index (χ1) is 18.3. The van der Waals surface area contributed by atoms with Crippen molar-refractivity contribution in [3.63, 3.8) is 0 Å². The van der Waals surface area contributed by atoms with Crippen LogP contribution in [0.25, 0.3) is 0 Å². The van der Waals surface area contributed by atoms with E-state index in [1.54, 1.807) is 22.0 Å². The summed E-state index contributed by atoms with van der Waals surface area (Å²) in [6, 6.07) is 12.7. The van der Waals surface area contributed by atoms with Crippen LogP contribution in [0.4, 0.5) is 34.6 Å².